The first-order chi connectivity index (χ1) is 12.8. The number of carboxylic acid groups (broad SMARTS) is 1. The Morgan fingerprint density at radius 1 is 1.15 bits per heavy atom. The summed E-state index contributed by atoms with van der Waals surface area (Å²) < 4.78 is 11.3. The maximum atomic E-state index is 12.4. The van der Waals surface area contributed by atoms with Crippen molar-refractivity contribution in [2.45, 2.75) is 31.8 Å². The van der Waals surface area contributed by atoms with Crippen molar-refractivity contribution < 1.29 is 28.6 Å². The number of hydrogen-bond acceptors (Lipinski definition) is 5. The first-order valence-electron chi connectivity index (χ1n) is 8.47. The van der Waals surface area contributed by atoms with Crippen molar-refractivity contribution in [2.24, 2.45) is 0 Å². The van der Waals surface area contributed by atoms with Crippen LogP contribution < -0.4 is 5.32 Å². The van der Waals surface area contributed by atoms with Crippen LogP contribution in [-0.2, 0) is 14.3 Å². The Morgan fingerprint density at radius 2 is 1.85 bits per heavy atom. The SMILES string of the molecule is CC1(C)OC(=O)C2=C1NC(=O)C[C@@H]2c1ccc(-c2ccc(C(=O)O)cc2)o1. The number of amides is 1. The Hall–Kier alpha value is -3.35. The number of hydrogen-bond donors (Lipinski definition) is 2. The van der Waals surface area contributed by atoms with E-state index in [1.807, 2.05) is 0 Å². The van der Waals surface area contributed by atoms with Gasteiger partial charge in [0.2, 0.25) is 5.91 Å². The third-order valence-electron chi connectivity index (χ3n) is 4.83. The highest BCUT2D eigenvalue weighted by molar-refractivity contribution is 5.99. The van der Waals surface area contributed by atoms with Gasteiger partial charge in [0.1, 0.15) is 17.1 Å². The molecule has 2 N–H and O–H groups in total. The highest BCUT2D eigenvalue weighted by Crippen LogP contribution is 2.43. The van der Waals surface area contributed by atoms with Crippen LogP contribution >= 0.6 is 0 Å². The minimum absolute atomic E-state index is 0.0922. The van der Waals surface area contributed by atoms with E-state index in [1.54, 1.807) is 38.1 Å². The standard InChI is InChI=1S/C20H17NO6/c1-20(2)17-16(19(25)27-20)12(9-15(22)21-17)14-8-7-13(26-14)10-3-5-11(6-4-10)18(23)24/h3-8,12H,9H2,1-2H3,(H,21,22)(H,23,24)/t12-/m1/s1. The molecule has 7 heteroatoms. The Morgan fingerprint density at radius 3 is 2.52 bits per heavy atom. The third kappa shape index (κ3) is 2.81. The number of ether oxygens (including phenoxy) is 1. The molecule has 2 aliphatic heterocycles. The molecule has 2 aliphatic rings. The first-order valence-corrected chi connectivity index (χ1v) is 8.47. The fraction of sp³-hybridized carbons (Fsp3) is 0.250. The maximum Gasteiger partial charge on any atom is 0.337 e. The van der Waals surface area contributed by atoms with Gasteiger partial charge in [-0.1, -0.05) is 12.1 Å². The second kappa shape index (κ2) is 5.84. The Bertz CT molecular complexity index is 996. The topological polar surface area (TPSA) is 106 Å². The summed E-state index contributed by atoms with van der Waals surface area (Å²) in [6.45, 7) is 3.46. The average molecular weight is 367 g/mol. The van der Waals surface area contributed by atoms with E-state index in [1.165, 1.54) is 12.1 Å². The molecule has 1 amide bonds. The van der Waals surface area contributed by atoms with Crippen molar-refractivity contribution in [2.75, 3.05) is 0 Å². The molecule has 7 nitrogen and oxygen atoms in total. The molecule has 4 rings (SSSR count). The number of nitrogens with one attached hydrogen (secondary N) is 1. The maximum absolute atomic E-state index is 12.4. The first kappa shape index (κ1) is 17.1. The third-order valence-corrected chi connectivity index (χ3v) is 4.83. The van der Waals surface area contributed by atoms with Gasteiger partial charge in [-0.3, -0.25) is 4.79 Å². The van der Waals surface area contributed by atoms with E-state index >= 15 is 0 Å². The smallest absolute Gasteiger partial charge is 0.337 e. The Labute approximate surface area is 154 Å². The van der Waals surface area contributed by atoms with Gasteiger partial charge in [0.15, 0.2) is 0 Å². The molecule has 0 radical (unpaired) electrons. The Balaban J connectivity index is 1.70. The van der Waals surface area contributed by atoms with Crippen molar-refractivity contribution >= 4 is 17.8 Å². The van der Waals surface area contributed by atoms with Crippen LogP contribution in [0, 0.1) is 0 Å². The van der Waals surface area contributed by atoms with E-state index in [2.05, 4.69) is 5.32 Å². The summed E-state index contributed by atoms with van der Waals surface area (Å²) in [6.07, 6.45) is 0.0922. The minimum atomic E-state index is -1.00. The summed E-state index contributed by atoms with van der Waals surface area (Å²) in [5.74, 6) is -1.16. The minimum Gasteiger partial charge on any atom is -0.478 e. The van der Waals surface area contributed by atoms with Crippen LogP contribution in [-0.4, -0.2) is 28.6 Å². The van der Waals surface area contributed by atoms with E-state index in [4.69, 9.17) is 14.3 Å². The zero-order valence-corrected chi connectivity index (χ0v) is 14.7. The fourth-order valence-corrected chi connectivity index (χ4v) is 3.49. The predicted octanol–water partition coefficient (Wildman–Crippen LogP) is 2.84. The molecule has 3 heterocycles. The number of carboxylic acids is 1. The number of rotatable bonds is 3. The van der Waals surface area contributed by atoms with Gasteiger partial charge in [-0.15, -0.1) is 0 Å². The lowest BCUT2D eigenvalue weighted by molar-refractivity contribution is -0.144. The van der Waals surface area contributed by atoms with Crippen LogP contribution in [0.5, 0.6) is 0 Å². The molecule has 0 saturated carbocycles. The zero-order valence-electron chi connectivity index (χ0n) is 14.7. The number of aromatic carboxylic acids is 1. The number of carbonyl (C=O) groups excluding carboxylic acids is 2. The second-order valence-corrected chi connectivity index (χ2v) is 7.08. The lowest BCUT2D eigenvalue weighted by Crippen LogP contribution is -2.38. The Kier molecular flexibility index (Phi) is 3.69. The van der Waals surface area contributed by atoms with Gasteiger partial charge >= 0.3 is 11.9 Å². The van der Waals surface area contributed by atoms with Gasteiger partial charge in [-0.25, -0.2) is 9.59 Å². The normalized spacial score (nSPS) is 20.9. The molecule has 0 spiro atoms. The molecule has 27 heavy (non-hydrogen) atoms. The van der Waals surface area contributed by atoms with Crippen molar-refractivity contribution in [3.05, 3.63) is 59.0 Å². The lowest BCUT2D eigenvalue weighted by atomic mass is 9.86. The largest absolute Gasteiger partial charge is 0.478 e. The predicted molar refractivity (Wildman–Crippen MR) is 93.8 cm³/mol. The van der Waals surface area contributed by atoms with Gasteiger partial charge in [-0.05, 0) is 38.1 Å². The number of esters is 1. The van der Waals surface area contributed by atoms with Gasteiger partial charge in [0.05, 0.1) is 22.8 Å². The van der Waals surface area contributed by atoms with Crippen molar-refractivity contribution in [3.8, 4) is 11.3 Å². The number of benzene rings is 1. The van der Waals surface area contributed by atoms with Gasteiger partial charge < -0.3 is 19.6 Å². The summed E-state index contributed by atoms with van der Waals surface area (Å²) in [5, 5.41) is 11.7. The molecule has 0 unspecified atom stereocenters. The molecule has 1 atom stereocenters. The van der Waals surface area contributed by atoms with Crippen molar-refractivity contribution in [1.29, 1.82) is 0 Å². The van der Waals surface area contributed by atoms with Crippen LogP contribution in [0.25, 0.3) is 11.3 Å². The molecule has 0 fully saturated rings. The molecule has 1 aromatic carbocycles. The van der Waals surface area contributed by atoms with Gasteiger partial charge in [-0.2, -0.15) is 0 Å². The lowest BCUT2D eigenvalue weighted by Gasteiger charge is -2.26. The average Bonchev–Trinajstić information content (AvgIpc) is 3.18. The van der Waals surface area contributed by atoms with E-state index in [0.717, 1.165) is 0 Å². The number of cyclic esters (lactones) is 1. The fourth-order valence-electron chi connectivity index (χ4n) is 3.49. The van der Waals surface area contributed by atoms with E-state index in [0.29, 0.717) is 28.4 Å². The van der Waals surface area contributed by atoms with Gasteiger partial charge in [0, 0.05) is 12.0 Å². The highest BCUT2D eigenvalue weighted by atomic mass is 16.6. The molecular formula is C20H17NO6. The van der Waals surface area contributed by atoms with Crippen molar-refractivity contribution in [1.82, 2.24) is 5.32 Å². The summed E-state index contributed by atoms with van der Waals surface area (Å²) >= 11 is 0. The quantitative estimate of drug-likeness (QED) is 0.808. The molecule has 0 saturated heterocycles. The molecule has 2 aromatic rings. The molecule has 0 bridgehead atoms. The number of furan rings is 1. The number of carbonyl (C=O) groups is 3. The summed E-state index contributed by atoms with van der Waals surface area (Å²) in [4.78, 5) is 35.5. The summed E-state index contributed by atoms with van der Waals surface area (Å²) in [6, 6.07) is 9.75. The molecule has 1 aromatic heterocycles. The van der Waals surface area contributed by atoms with Gasteiger partial charge in [0.25, 0.3) is 0 Å². The highest BCUT2D eigenvalue weighted by Gasteiger charge is 2.48. The monoisotopic (exact) mass is 367 g/mol. The van der Waals surface area contributed by atoms with Crippen LogP contribution in [0.2, 0.25) is 0 Å². The molecular weight excluding hydrogens is 350 g/mol. The van der Waals surface area contributed by atoms with E-state index in [9.17, 15) is 14.4 Å². The zero-order chi connectivity index (χ0) is 19.3. The van der Waals surface area contributed by atoms with Crippen LogP contribution in [0.4, 0.5) is 0 Å². The van der Waals surface area contributed by atoms with Crippen LogP contribution in [0.3, 0.4) is 0 Å². The summed E-state index contributed by atoms with van der Waals surface area (Å²) in [5.41, 5.74) is 0.900. The van der Waals surface area contributed by atoms with Crippen molar-refractivity contribution in [3.63, 3.8) is 0 Å². The molecule has 138 valence electrons. The van der Waals surface area contributed by atoms with Crippen LogP contribution in [0.1, 0.15) is 42.3 Å². The second-order valence-electron chi connectivity index (χ2n) is 7.08. The van der Waals surface area contributed by atoms with Crippen LogP contribution in [0.15, 0.2) is 52.1 Å². The van der Waals surface area contributed by atoms with E-state index < -0.39 is 23.5 Å². The molecule has 0 aliphatic carbocycles. The summed E-state index contributed by atoms with van der Waals surface area (Å²) in [7, 11) is 0. The van der Waals surface area contributed by atoms with E-state index in [-0.39, 0.29) is 17.9 Å².